The number of nitrogens with zero attached hydrogens (tertiary/aromatic N) is 4. The second kappa shape index (κ2) is 9.02. The summed E-state index contributed by atoms with van der Waals surface area (Å²) in [6.07, 6.45) is 4.36. The van der Waals surface area contributed by atoms with Gasteiger partial charge in [-0.15, -0.1) is 6.58 Å². The Morgan fingerprint density at radius 1 is 1.18 bits per heavy atom. The highest BCUT2D eigenvalue weighted by molar-refractivity contribution is 6.40. The normalized spacial score (nSPS) is 15.5. The quantitative estimate of drug-likeness (QED) is 0.513. The fourth-order valence-electron chi connectivity index (χ4n) is 4.08. The number of rotatable bonds is 5. The monoisotopic (exact) mass is 481 g/mol. The molecule has 2 aromatic carbocycles. The predicted molar refractivity (Wildman–Crippen MR) is 130 cm³/mol. The van der Waals surface area contributed by atoms with Crippen LogP contribution >= 0.6 is 23.2 Å². The highest BCUT2D eigenvalue weighted by atomic mass is 35.5. The van der Waals surface area contributed by atoms with Gasteiger partial charge in [0, 0.05) is 31.5 Å². The fraction of sp³-hybridized carbons (Fsp3) is 0.208. The van der Waals surface area contributed by atoms with E-state index in [4.69, 9.17) is 27.9 Å². The molecule has 5 rings (SSSR count). The van der Waals surface area contributed by atoms with E-state index in [9.17, 15) is 4.79 Å². The number of hydrogen-bond donors (Lipinski definition) is 1. The topological polar surface area (TPSA) is 70.6 Å². The number of anilines is 3. The molecule has 1 amide bonds. The lowest BCUT2D eigenvalue weighted by molar-refractivity contribution is 0.0932. The third-order valence-electron chi connectivity index (χ3n) is 5.71. The molecule has 1 aromatic heterocycles. The molecule has 0 saturated carbocycles. The van der Waals surface area contributed by atoms with E-state index >= 15 is 0 Å². The molecule has 168 valence electrons. The minimum atomic E-state index is -0.323. The molecule has 33 heavy (non-hydrogen) atoms. The van der Waals surface area contributed by atoms with Gasteiger partial charge in [-0.3, -0.25) is 14.6 Å². The fourth-order valence-corrected chi connectivity index (χ4v) is 4.68. The van der Waals surface area contributed by atoms with E-state index in [1.165, 1.54) is 22.2 Å². The number of carbonyl (C=O) groups excluding carboxylic acids is 1. The molecule has 0 radical (unpaired) electrons. The van der Waals surface area contributed by atoms with Gasteiger partial charge in [-0.05, 0) is 41.8 Å². The molecule has 0 fully saturated rings. The van der Waals surface area contributed by atoms with E-state index in [1.54, 1.807) is 18.2 Å². The lowest BCUT2D eigenvalue weighted by Crippen LogP contribution is -2.39. The number of hydrogen-bond acceptors (Lipinski definition) is 6. The molecule has 9 heteroatoms. The molecular weight excluding hydrogens is 461 g/mol. The molecule has 2 aliphatic heterocycles. The number of aromatic nitrogens is 2. The minimum absolute atomic E-state index is 0.0498. The lowest BCUT2D eigenvalue weighted by Gasteiger charge is -2.29. The zero-order chi connectivity index (χ0) is 22.9. The Bertz CT molecular complexity index is 1230. The third-order valence-corrected chi connectivity index (χ3v) is 6.32. The third kappa shape index (κ3) is 4.27. The standard InChI is InChI=1S/C24H21Cl2N5O2/c1-2-9-30-10-8-15-11-17(7-6-16(15)13-30)28-24-27-12-18-22(29-24)33-14-31(23(18)32)21-19(25)4-3-5-20(21)26/h2-7,11-12H,1,8-10,13-14H2,(H,27,28,29). The first-order valence-corrected chi connectivity index (χ1v) is 11.3. The summed E-state index contributed by atoms with van der Waals surface area (Å²) in [5.41, 5.74) is 4.15. The number of benzene rings is 2. The Labute approximate surface area is 201 Å². The van der Waals surface area contributed by atoms with Gasteiger partial charge >= 0.3 is 0 Å². The molecular formula is C24H21Cl2N5O2. The van der Waals surface area contributed by atoms with E-state index in [2.05, 4.69) is 38.9 Å². The van der Waals surface area contributed by atoms with E-state index in [-0.39, 0.29) is 24.1 Å². The zero-order valence-corrected chi connectivity index (χ0v) is 19.2. The molecule has 0 saturated heterocycles. The van der Waals surface area contributed by atoms with Gasteiger partial charge in [0.1, 0.15) is 5.56 Å². The number of nitrogens with one attached hydrogen (secondary N) is 1. The SMILES string of the molecule is C=CCN1CCc2cc(Nc3ncc4c(n3)OCN(c3c(Cl)cccc3Cl)C4=O)ccc2C1. The molecule has 3 aromatic rings. The van der Waals surface area contributed by atoms with Crippen LogP contribution in [0.5, 0.6) is 5.88 Å². The van der Waals surface area contributed by atoms with Gasteiger partial charge in [0.05, 0.1) is 15.7 Å². The largest absolute Gasteiger partial charge is 0.455 e. The van der Waals surface area contributed by atoms with Crippen molar-refractivity contribution in [3.05, 3.63) is 82.0 Å². The Morgan fingerprint density at radius 3 is 2.79 bits per heavy atom. The van der Waals surface area contributed by atoms with Crippen LogP contribution in [0, 0.1) is 0 Å². The maximum Gasteiger partial charge on any atom is 0.268 e. The molecule has 0 spiro atoms. The van der Waals surface area contributed by atoms with Crippen LogP contribution in [0.15, 0.2) is 55.3 Å². The van der Waals surface area contributed by atoms with Crippen molar-refractivity contribution in [1.29, 1.82) is 0 Å². The number of fused-ring (bicyclic) bond motifs is 2. The summed E-state index contributed by atoms with van der Waals surface area (Å²) in [5.74, 6) is 0.250. The van der Waals surface area contributed by atoms with E-state index in [1.807, 2.05) is 12.1 Å². The summed E-state index contributed by atoms with van der Waals surface area (Å²) in [7, 11) is 0. The smallest absolute Gasteiger partial charge is 0.268 e. The van der Waals surface area contributed by atoms with Gasteiger partial charge in [-0.2, -0.15) is 4.98 Å². The first-order chi connectivity index (χ1) is 16.0. The number of para-hydroxylation sites is 1. The van der Waals surface area contributed by atoms with Crippen LogP contribution in [0.1, 0.15) is 21.5 Å². The van der Waals surface area contributed by atoms with Crippen molar-refractivity contribution in [3.63, 3.8) is 0 Å². The first kappa shape index (κ1) is 21.7. The van der Waals surface area contributed by atoms with E-state index < -0.39 is 0 Å². The summed E-state index contributed by atoms with van der Waals surface area (Å²) in [6, 6.07) is 11.3. The molecule has 0 unspecified atom stereocenters. The van der Waals surface area contributed by atoms with Crippen LogP contribution in [-0.4, -0.2) is 40.6 Å². The van der Waals surface area contributed by atoms with Crippen molar-refractivity contribution in [3.8, 4) is 5.88 Å². The first-order valence-electron chi connectivity index (χ1n) is 10.5. The van der Waals surface area contributed by atoms with Gasteiger partial charge in [0.2, 0.25) is 11.8 Å². The molecule has 0 aliphatic carbocycles. The van der Waals surface area contributed by atoms with Crippen LogP contribution in [-0.2, 0) is 13.0 Å². The predicted octanol–water partition coefficient (Wildman–Crippen LogP) is 5.07. The summed E-state index contributed by atoms with van der Waals surface area (Å²) >= 11 is 12.5. The van der Waals surface area contributed by atoms with Gasteiger partial charge in [0.25, 0.3) is 5.91 Å². The summed E-state index contributed by atoms with van der Waals surface area (Å²) in [6.45, 7) is 6.58. The maximum atomic E-state index is 13.0. The van der Waals surface area contributed by atoms with E-state index in [0.717, 1.165) is 31.7 Å². The van der Waals surface area contributed by atoms with Crippen molar-refractivity contribution >= 4 is 46.4 Å². The highest BCUT2D eigenvalue weighted by Crippen LogP contribution is 2.37. The van der Waals surface area contributed by atoms with Gasteiger partial charge in [-0.1, -0.05) is 41.4 Å². The van der Waals surface area contributed by atoms with Crippen LogP contribution < -0.4 is 15.0 Å². The number of halogens is 2. The van der Waals surface area contributed by atoms with Crippen LogP contribution in [0.2, 0.25) is 10.0 Å². The van der Waals surface area contributed by atoms with Gasteiger partial charge in [-0.25, -0.2) is 4.98 Å². The van der Waals surface area contributed by atoms with Crippen molar-refractivity contribution < 1.29 is 9.53 Å². The van der Waals surface area contributed by atoms with Crippen molar-refractivity contribution in [2.24, 2.45) is 0 Å². The Hall–Kier alpha value is -3.13. The van der Waals surface area contributed by atoms with E-state index in [0.29, 0.717) is 21.7 Å². The zero-order valence-electron chi connectivity index (χ0n) is 17.7. The van der Waals surface area contributed by atoms with Crippen LogP contribution in [0.4, 0.5) is 17.3 Å². The van der Waals surface area contributed by atoms with Crippen molar-refractivity contribution in [1.82, 2.24) is 14.9 Å². The summed E-state index contributed by atoms with van der Waals surface area (Å²) < 4.78 is 5.76. The number of amides is 1. The molecule has 1 N–H and O–H groups in total. The average Bonchev–Trinajstić information content (AvgIpc) is 2.81. The second-order valence-corrected chi connectivity index (χ2v) is 8.69. The molecule has 3 heterocycles. The minimum Gasteiger partial charge on any atom is -0.455 e. The molecule has 7 nitrogen and oxygen atoms in total. The molecule has 0 atom stereocenters. The van der Waals surface area contributed by atoms with Crippen LogP contribution in [0.25, 0.3) is 0 Å². The highest BCUT2D eigenvalue weighted by Gasteiger charge is 2.31. The van der Waals surface area contributed by atoms with Gasteiger partial charge in [0.15, 0.2) is 6.73 Å². The second-order valence-electron chi connectivity index (χ2n) is 7.87. The molecule has 2 aliphatic rings. The van der Waals surface area contributed by atoms with Crippen molar-refractivity contribution in [2.75, 3.05) is 30.0 Å². The molecule has 0 bridgehead atoms. The number of ether oxygens (including phenoxy) is 1. The Kier molecular flexibility index (Phi) is 5.93. The Morgan fingerprint density at radius 2 is 2.00 bits per heavy atom. The maximum absolute atomic E-state index is 13.0. The van der Waals surface area contributed by atoms with Gasteiger partial charge < -0.3 is 10.1 Å². The van der Waals surface area contributed by atoms with Crippen molar-refractivity contribution in [2.45, 2.75) is 13.0 Å². The Balaban J connectivity index is 1.34. The average molecular weight is 482 g/mol. The lowest BCUT2D eigenvalue weighted by atomic mass is 9.99. The van der Waals surface area contributed by atoms with Crippen LogP contribution in [0.3, 0.4) is 0 Å². The summed E-state index contributed by atoms with van der Waals surface area (Å²) in [5, 5.41) is 3.94. The number of carbonyl (C=O) groups is 1. The summed E-state index contributed by atoms with van der Waals surface area (Å²) in [4.78, 5) is 25.5.